The number of aromatic amines is 1. The number of halogens is 1. The normalized spacial score (nSPS) is 10.1. The maximum atomic E-state index is 11.8. The third-order valence-electron chi connectivity index (χ3n) is 2.38. The Kier molecular flexibility index (Phi) is 3.84. The summed E-state index contributed by atoms with van der Waals surface area (Å²) in [6.07, 6.45) is 3.33. The highest BCUT2D eigenvalue weighted by molar-refractivity contribution is 6.30. The summed E-state index contributed by atoms with van der Waals surface area (Å²) in [6.45, 7) is 0. The minimum Gasteiger partial charge on any atom is -0.496 e. The van der Waals surface area contributed by atoms with Crippen LogP contribution in [0.3, 0.4) is 0 Å². The van der Waals surface area contributed by atoms with E-state index in [1.165, 1.54) is 6.20 Å². The van der Waals surface area contributed by atoms with E-state index in [1.54, 1.807) is 31.5 Å². The zero-order valence-electron chi connectivity index (χ0n) is 9.74. The SMILES string of the molecule is COc1ccc(Cl)cc1CC(=O)Nc1cn[nH]c1. The van der Waals surface area contributed by atoms with Gasteiger partial charge in [0.1, 0.15) is 5.75 Å². The molecule has 1 heterocycles. The Balaban J connectivity index is 2.08. The van der Waals surface area contributed by atoms with Gasteiger partial charge in [0, 0.05) is 16.8 Å². The number of anilines is 1. The van der Waals surface area contributed by atoms with Gasteiger partial charge in [0.15, 0.2) is 0 Å². The maximum Gasteiger partial charge on any atom is 0.229 e. The summed E-state index contributed by atoms with van der Waals surface area (Å²) in [7, 11) is 1.56. The molecule has 2 N–H and O–H groups in total. The quantitative estimate of drug-likeness (QED) is 0.891. The molecular formula is C12H12ClN3O2. The minimum absolute atomic E-state index is 0.156. The van der Waals surface area contributed by atoms with Crippen LogP contribution < -0.4 is 10.1 Å². The van der Waals surface area contributed by atoms with Gasteiger partial charge >= 0.3 is 0 Å². The molecule has 94 valence electrons. The summed E-state index contributed by atoms with van der Waals surface area (Å²) in [6, 6.07) is 5.18. The summed E-state index contributed by atoms with van der Waals surface area (Å²) in [5, 5.41) is 9.65. The zero-order chi connectivity index (χ0) is 13.0. The number of carbonyl (C=O) groups excluding carboxylic acids is 1. The third kappa shape index (κ3) is 3.01. The first kappa shape index (κ1) is 12.4. The van der Waals surface area contributed by atoms with E-state index in [4.69, 9.17) is 16.3 Å². The standard InChI is InChI=1S/C12H12ClN3O2/c1-18-11-3-2-9(13)4-8(11)5-12(17)16-10-6-14-15-7-10/h2-4,6-7H,5H2,1H3,(H,14,15)(H,16,17). The fourth-order valence-electron chi connectivity index (χ4n) is 1.58. The predicted octanol–water partition coefficient (Wildman–Crippen LogP) is 2.25. The molecule has 0 saturated carbocycles. The van der Waals surface area contributed by atoms with E-state index >= 15 is 0 Å². The number of nitrogens with one attached hydrogen (secondary N) is 2. The van der Waals surface area contributed by atoms with Crippen LogP contribution in [0.5, 0.6) is 5.75 Å². The highest BCUT2D eigenvalue weighted by Crippen LogP contribution is 2.23. The van der Waals surface area contributed by atoms with Crippen molar-refractivity contribution in [3.63, 3.8) is 0 Å². The summed E-state index contributed by atoms with van der Waals surface area (Å²) >= 11 is 5.90. The van der Waals surface area contributed by atoms with Crippen LogP contribution in [0, 0.1) is 0 Å². The van der Waals surface area contributed by atoms with Gasteiger partial charge in [0.2, 0.25) is 5.91 Å². The van der Waals surface area contributed by atoms with E-state index in [9.17, 15) is 4.79 Å². The van der Waals surface area contributed by atoms with Crippen molar-refractivity contribution in [1.82, 2.24) is 10.2 Å². The second kappa shape index (κ2) is 5.55. The van der Waals surface area contributed by atoms with Crippen LogP contribution in [0.25, 0.3) is 0 Å². The van der Waals surface area contributed by atoms with E-state index in [1.807, 2.05) is 0 Å². The van der Waals surface area contributed by atoms with Gasteiger partial charge in [-0.25, -0.2) is 0 Å². The topological polar surface area (TPSA) is 67.0 Å². The fraction of sp³-hybridized carbons (Fsp3) is 0.167. The van der Waals surface area contributed by atoms with Crippen LogP contribution in [-0.2, 0) is 11.2 Å². The number of amides is 1. The van der Waals surface area contributed by atoms with Crippen molar-refractivity contribution in [2.75, 3.05) is 12.4 Å². The number of ether oxygens (including phenoxy) is 1. The number of nitrogens with zero attached hydrogens (tertiary/aromatic N) is 1. The number of hydrogen-bond acceptors (Lipinski definition) is 3. The Morgan fingerprint density at radius 2 is 2.39 bits per heavy atom. The third-order valence-corrected chi connectivity index (χ3v) is 2.61. The van der Waals surface area contributed by atoms with Gasteiger partial charge in [-0.2, -0.15) is 5.10 Å². The largest absolute Gasteiger partial charge is 0.496 e. The van der Waals surface area contributed by atoms with Crippen molar-refractivity contribution in [1.29, 1.82) is 0 Å². The van der Waals surface area contributed by atoms with Gasteiger partial charge in [0.25, 0.3) is 0 Å². The molecule has 2 rings (SSSR count). The molecule has 0 aliphatic rings. The van der Waals surface area contributed by atoms with E-state index in [0.29, 0.717) is 16.5 Å². The Morgan fingerprint density at radius 1 is 1.56 bits per heavy atom. The van der Waals surface area contributed by atoms with Crippen molar-refractivity contribution < 1.29 is 9.53 Å². The number of carbonyl (C=O) groups is 1. The monoisotopic (exact) mass is 265 g/mol. The lowest BCUT2D eigenvalue weighted by Crippen LogP contribution is -2.14. The minimum atomic E-state index is -0.156. The van der Waals surface area contributed by atoms with Gasteiger partial charge < -0.3 is 10.1 Å². The molecule has 0 atom stereocenters. The molecule has 0 aliphatic heterocycles. The molecule has 0 radical (unpaired) electrons. The Morgan fingerprint density at radius 3 is 3.06 bits per heavy atom. The predicted molar refractivity (Wildman–Crippen MR) is 68.9 cm³/mol. The first-order chi connectivity index (χ1) is 8.69. The zero-order valence-corrected chi connectivity index (χ0v) is 10.5. The fourth-order valence-corrected chi connectivity index (χ4v) is 1.78. The maximum absolute atomic E-state index is 11.8. The number of rotatable bonds is 4. The average molecular weight is 266 g/mol. The van der Waals surface area contributed by atoms with Crippen LogP contribution in [0.4, 0.5) is 5.69 Å². The lowest BCUT2D eigenvalue weighted by atomic mass is 10.1. The first-order valence-electron chi connectivity index (χ1n) is 5.30. The van der Waals surface area contributed by atoms with Gasteiger partial charge in [-0.3, -0.25) is 9.89 Å². The highest BCUT2D eigenvalue weighted by Gasteiger charge is 2.10. The summed E-state index contributed by atoms with van der Waals surface area (Å²) in [5.41, 5.74) is 1.37. The van der Waals surface area contributed by atoms with Crippen LogP contribution in [0.15, 0.2) is 30.6 Å². The number of methoxy groups -OCH3 is 1. The Bertz CT molecular complexity index is 540. The van der Waals surface area contributed by atoms with Crippen LogP contribution >= 0.6 is 11.6 Å². The van der Waals surface area contributed by atoms with Crippen molar-refractivity contribution >= 4 is 23.2 Å². The Hall–Kier alpha value is -2.01. The molecule has 0 fully saturated rings. The van der Waals surface area contributed by atoms with Crippen LogP contribution in [0.2, 0.25) is 5.02 Å². The number of benzene rings is 1. The van der Waals surface area contributed by atoms with Crippen molar-refractivity contribution in [2.45, 2.75) is 6.42 Å². The molecule has 6 heteroatoms. The number of hydrogen-bond donors (Lipinski definition) is 2. The number of aromatic nitrogens is 2. The molecule has 1 aromatic heterocycles. The molecule has 0 unspecified atom stereocenters. The summed E-state index contributed by atoms with van der Waals surface area (Å²) in [4.78, 5) is 11.8. The van der Waals surface area contributed by atoms with Gasteiger partial charge in [-0.05, 0) is 18.2 Å². The molecule has 0 bridgehead atoms. The molecule has 2 aromatic rings. The Labute approximate surface area is 109 Å². The van der Waals surface area contributed by atoms with Gasteiger partial charge in [-0.15, -0.1) is 0 Å². The molecule has 18 heavy (non-hydrogen) atoms. The van der Waals surface area contributed by atoms with Crippen LogP contribution in [-0.4, -0.2) is 23.2 Å². The molecular weight excluding hydrogens is 254 g/mol. The lowest BCUT2D eigenvalue weighted by Gasteiger charge is -2.08. The van der Waals surface area contributed by atoms with E-state index in [-0.39, 0.29) is 12.3 Å². The van der Waals surface area contributed by atoms with E-state index in [0.717, 1.165) is 5.56 Å². The molecule has 0 saturated heterocycles. The molecule has 5 nitrogen and oxygen atoms in total. The lowest BCUT2D eigenvalue weighted by molar-refractivity contribution is -0.115. The summed E-state index contributed by atoms with van der Waals surface area (Å²) < 4.78 is 5.18. The van der Waals surface area contributed by atoms with Gasteiger partial charge in [-0.1, -0.05) is 11.6 Å². The summed E-state index contributed by atoms with van der Waals surface area (Å²) in [5.74, 6) is 0.485. The second-order valence-electron chi connectivity index (χ2n) is 3.67. The van der Waals surface area contributed by atoms with Crippen molar-refractivity contribution in [2.24, 2.45) is 0 Å². The highest BCUT2D eigenvalue weighted by atomic mass is 35.5. The van der Waals surface area contributed by atoms with Crippen molar-refractivity contribution in [3.05, 3.63) is 41.2 Å². The van der Waals surface area contributed by atoms with Crippen molar-refractivity contribution in [3.8, 4) is 5.75 Å². The average Bonchev–Trinajstić information content (AvgIpc) is 2.82. The molecule has 0 aliphatic carbocycles. The molecule has 1 aromatic carbocycles. The van der Waals surface area contributed by atoms with Gasteiger partial charge in [0.05, 0.1) is 25.4 Å². The molecule has 0 spiro atoms. The van der Waals surface area contributed by atoms with E-state index < -0.39 is 0 Å². The van der Waals surface area contributed by atoms with E-state index in [2.05, 4.69) is 15.5 Å². The smallest absolute Gasteiger partial charge is 0.229 e. The van der Waals surface area contributed by atoms with Crippen LogP contribution in [0.1, 0.15) is 5.56 Å². The number of H-pyrrole nitrogens is 1. The molecule has 1 amide bonds. The first-order valence-corrected chi connectivity index (χ1v) is 5.68. The second-order valence-corrected chi connectivity index (χ2v) is 4.10.